The van der Waals surface area contributed by atoms with Crippen LogP contribution in [0.15, 0.2) is 36.5 Å². The third kappa shape index (κ3) is 3.18. The second-order valence-electron chi connectivity index (χ2n) is 5.46. The molecule has 0 radical (unpaired) electrons. The second kappa shape index (κ2) is 6.94. The molecule has 0 saturated carbocycles. The molecule has 2 heterocycles. The fraction of sp³-hybridized carbons (Fsp3) is 0.250. The lowest BCUT2D eigenvalue weighted by Crippen LogP contribution is -2.58. The SMILES string of the molecule is O=C(Nc1ccnc(N2CC(CO)C2O)c1)c1c(Cl)cccc1Cl. The van der Waals surface area contributed by atoms with Crippen LogP contribution in [0.1, 0.15) is 10.4 Å². The van der Waals surface area contributed by atoms with E-state index in [0.717, 1.165) is 0 Å². The summed E-state index contributed by atoms with van der Waals surface area (Å²) >= 11 is 12.1. The molecule has 2 atom stereocenters. The fourth-order valence-electron chi connectivity index (χ4n) is 2.51. The van der Waals surface area contributed by atoms with Crippen molar-refractivity contribution >= 4 is 40.6 Å². The smallest absolute Gasteiger partial charge is 0.258 e. The average molecular weight is 368 g/mol. The fourth-order valence-corrected chi connectivity index (χ4v) is 3.08. The first kappa shape index (κ1) is 17.0. The van der Waals surface area contributed by atoms with Crippen molar-refractivity contribution < 1.29 is 15.0 Å². The predicted molar refractivity (Wildman–Crippen MR) is 92.6 cm³/mol. The first-order valence-corrected chi connectivity index (χ1v) is 8.04. The molecule has 6 nitrogen and oxygen atoms in total. The van der Waals surface area contributed by atoms with E-state index in [4.69, 9.17) is 28.3 Å². The monoisotopic (exact) mass is 367 g/mol. The number of benzene rings is 1. The number of halogens is 2. The first-order valence-electron chi connectivity index (χ1n) is 7.28. The van der Waals surface area contributed by atoms with Crippen molar-refractivity contribution in [3.05, 3.63) is 52.1 Å². The lowest BCUT2D eigenvalue weighted by molar-refractivity contribution is 0.0126. The van der Waals surface area contributed by atoms with E-state index in [1.165, 1.54) is 6.20 Å². The minimum atomic E-state index is -0.786. The van der Waals surface area contributed by atoms with Crippen molar-refractivity contribution in [3.63, 3.8) is 0 Å². The molecule has 0 spiro atoms. The van der Waals surface area contributed by atoms with Gasteiger partial charge >= 0.3 is 0 Å². The Balaban J connectivity index is 1.77. The van der Waals surface area contributed by atoms with Gasteiger partial charge in [0.1, 0.15) is 12.0 Å². The number of anilines is 2. The van der Waals surface area contributed by atoms with Gasteiger partial charge in [0.15, 0.2) is 0 Å². The molecule has 1 fully saturated rings. The highest BCUT2D eigenvalue weighted by Gasteiger charge is 2.37. The van der Waals surface area contributed by atoms with Crippen LogP contribution in [0.25, 0.3) is 0 Å². The molecule has 1 aromatic heterocycles. The van der Waals surface area contributed by atoms with E-state index < -0.39 is 12.1 Å². The number of amides is 1. The summed E-state index contributed by atoms with van der Waals surface area (Å²) in [7, 11) is 0. The maximum atomic E-state index is 12.4. The average Bonchev–Trinajstić information content (AvgIpc) is 2.54. The Morgan fingerprint density at radius 3 is 2.67 bits per heavy atom. The molecule has 1 amide bonds. The molecule has 126 valence electrons. The normalized spacial score (nSPS) is 19.8. The van der Waals surface area contributed by atoms with E-state index in [9.17, 15) is 9.90 Å². The van der Waals surface area contributed by atoms with Gasteiger partial charge in [0, 0.05) is 30.4 Å². The van der Waals surface area contributed by atoms with Gasteiger partial charge in [-0.2, -0.15) is 0 Å². The number of nitrogens with zero attached hydrogens (tertiary/aromatic N) is 2. The van der Waals surface area contributed by atoms with Gasteiger partial charge in [-0.25, -0.2) is 4.98 Å². The number of hydrogen-bond donors (Lipinski definition) is 3. The lowest BCUT2D eigenvalue weighted by Gasteiger charge is -2.44. The zero-order valence-corrected chi connectivity index (χ0v) is 14.0. The van der Waals surface area contributed by atoms with E-state index in [1.54, 1.807) is 35.2 Å². The maximum Gasteiger partial charge on any atom is 0.258 e. The van der Waals surface area contributed by atoms with Crippen molar-refractivity contribution in [1.29, 1.82) is 0 Å². The zero-order chi connectivity index (χ0) is 17.3. The van der Waals surface area contributed by atoms with Crippen LogP contribution in [-0.4, -0.2) is 40.5 Å². The van der Waals surface area contributed by atoms with E-state index in [1.807, 2.05) is 0 Å². The number of carbonyl (C=O) groups is 1. The minimum absolute atomic E-state index is 0.0842. The van der Waals surface area contributed by atoms with Crippen LogP contribution in [0.3, 0.4) is 0 Å². The van der Waals surface area contributed by atoms with Crippen molar-refractivity contribution in [1.82, 2.24) is 4.98 Å². The van der Waals surface area contributed by atoms with Gasteiger partial charge < -0.3 is 20.4 Å². The Morgan fingerprint density at radius 2 is 2.04 bits per heavy atom. The van der Waals surface area contributed by atoms with Crippen molar-refractivity contribution in [2.75, 3.05) is 23.4 Å². The van der Waals surface area contributed by atoms with Gasteiger partial charge in [-0.3, -0.25) is 4.79 Å². The molecule has 1 aromatic carbocycles. The molecule has 2 aromatic rings. The predicted octanol–water partition coefficient (Wildman–Crippen LogP) is 2.39. The molecular weight excluding hydrogens is 353 g/mol. The largest absolute Gasteiger partial charge is 0.396 e. The number of hydrogen-bond acceptors (Lipinski definition) is 5. The van der Waals surface area contributed by atoms with Crippen LogP contribution in [0.5, 0.6) is 0 Å². The summed E-state index contributed by atoms with van der Waals surface area (Å²) < 4.78 is 0. The van der Waals surface area contributed by atoms with Crippen LogP contribution in [0.4, 0.5) is 11.5 Å². The number of aliphatic hydroxyl groups excluding tert-OH is 2. The van der Waals surface area contributed by atoms with Crippen molar-refractivity contribution in [2.45, 2.75) is 6.23 Å². The maximum absolute atomic E-state index is 12.4. The molecule has 3 N–H and O–H groups in total. The second-order valence-corrected chi connectivity index (χ2v) is 6.28. The summed E-state index contributed by atoms with van der Waals surface area (Å²) in [6.45, 7) is 0.414. The van der Waals surface area contributed by atoms with Crippen LogP contribution < -0.4 is 10.2 Å². The van der Waals surface area contributed by atoms with Crippen LogP contribution >= 0.6 is 23.2 Å². The Bertz CT molecular complexity index is 752. The van der Waals surface area contributed by atoms with Gasteiger partial charge in [-0.1, -0.05) is 29.3 Å². The van der Waals surface area contributed by atoms with E-state index in [0.29, 0.717) is 18.1 Å². The number of aliphatic hydroxyl groups is 2. The molecule has 3 rings (SSSR count). The van der Waals surface area contributed by atoms with E-state index in [2.05, 4.69) is 10.3 Å². The highest BCUT2D eigenvalue weighted by molar-refractivity contribution is 6.40. The third-order valence-corrected chi connectivity index (χ3v) is 4.52. The lowest BCUT2D eigenvalue weighted by atomic mass is 9.98. The van der Waals surface area contributed by atoms with Crippen molar-refractivity contribution in [3.8, 4) is 0 Å². The Kier molecular flexibility index (Phi) is 4.91. The third-order valence-electron chi connectivity index (χ3n) is 3.89. The van der Waals surface area contributed by atoms with Gasteiger partial charge in [0.25, 0.3) is 5.91 Å². The Labute approximate surface area is 148 Å². The molecule has 8 heteroatoms. The molecule has 1 saturated heterocycles. The van der Waals surface area contributed by atoms with Crippen LogP contribution in [0, 0.1) is 5.92 Å². The summed E-state index contributed by atoms with van der Waals surface area (Å²) in [6, 6.07) is 8.10. The molecule has 1 aliphatic rings. The Morgan fingerprint density at radius 1 is 1.33 bits per heavy atom. The van der Waals surface area contributed by atoms with E-state index in [-0.39, 0.29) is 28.1 Å². The van der Waals surface area contributed by atoms with E-state index >= 15 is 0 Å². The van der Waals surface area contributed by atoms with Gasteiger partial charge in [0.05, 0.1) is 22.2 Å². The molecule has 1 aliphatic heterocycles. The first-order chi connectivity index (χ1) is 11.5. The standard InChI is InChI=1S/C16H15Cl2N3O3/c17-11-2-1-3-12(18)14(11)15(23)20-10-4-5-19-13(6-10)21-7-9(8-22)16(21)24/h1-6,9,16,22,24H,7-8H2,(H,19,20,23). The molecular formula is C16H15Cl2N3O3. The van der Waals surface area contributed by atoms with Gasteiger partial charge in [0.2, 0.25) is 0 Å². The van der Waals surface area contributed by atoms with Crippen LogP contribution in [-0.2, 0) is 0 Å². The topological polar surface area (TPSA) is 85.7 Å². The Hall–Kier alpha value is -1.86. The molecule has 24 heavy (non-hydrogen) atoms. The number of pyridine rings is 1. The summed E-state index contributed by atoms with van der Waals surface area (Å²) in [5.41, 5.74) is 0.698. The summed E-state index contributed by atoms with van der Waals surface area (Å²) in [5.74, 6) is -0.109. The highest BCUT2D eigenvalue weighted by Crippen LogP contribution is 2.30. The number of carbonyl (C=O) groups excluding carboxylic acids is 1. The van der Waals surface area contributed by atoms with Gasteiger partial charge in [-0.05, 0) is 18.2 Å². The zero-order valence-electron chi connectivity index (χ0n) is 12.5. The number of aromatic nitrogens is 1. The van der Waals surface area contributed by atoms with Gasteiger partial charge in [-0.15, -0.1) is 0 Å². The summed E-state index contributed by atoms with van der Waals surface area (Å²) in [4.78, 5) is 18.2. The quantitative estimate of drug-likeness (QED) is 0.772. The van der Waals surface area contributed by atoms with Crippen LogP contribution in [0.2, 0.25) is 10.0 Å². The molecule has 0 bridgehead atoms. The van der Waals surface area contributed by atoms with Crippen molar-refractivity contribution in [2.24, 2.45) is 5.92 Å². The minimum Gasteiger partial charge on any atom is -0.396 e. The summed E-state index contributed by atoms with van der Waals surface area (Å²) in [5, 5.41) is 22.3. The summed E-state index contributed by atoms with van der Waals surface area (Å²) in [6.07, 6.45) is 0.740. The molecule has 2 unspecified atom stereocenters. The molecule has 0 aliphatic carbocycles. The number of nitrogens with one attached hydrogen (secondary N) is 1. The highest BCUT2D eigenvalue weighted by atomic mass is 35.5. The number of rotatable bonds is 4.